The molecule has 17 heavy (non-hydrogen) atoms. The lowest BCUT2D eigenvalue weighted by molar-refractivity contribution is 0.354. The van der Waals surface area contributed by atoms with E-state index >= 15 is 0 Å². The molecule has 0 bridgehead atoms. The largest absolute Gasteiger partial charge is 0.493 e. The molecule has 0 spiro atoms. The van der Waals surface area contributed by atoms with Crippen molar-refractivity contribution in [2.75, 3.05) is 14.2 Å². The van der Waals surface area contributed by atoms with Crippen LogP contribution in [0.4, 0.5) is 0 Å². The topological polar surface area (TPSA) is 44.5 Å². The molecule has 0 saturated carbocycles. The predicted molar refractivity (Wildman–Crippen MR) is 73.2 cm³/mol. The SMILES string of the molecule is C=C(C)C[C@@H](N)c1ccc(OC)c(OC)c1.Cl. The predicted octanol–water partition coefficient (Wildman–Crippen LogP) is 3.09. The monoisotopic (exact) mass is 257 g/mol. The highest BCUT2D eigenvalue weighted by molar-refractivity contribution is 5.85. The van der Waals surface area contributed by atoms with Gasteiger partial charge < -0.3 is 15.2 Å². The normalized spacial score (nSPS) is 11.3. The molecule has 4 heteroatoms. The first-order valence-electron chi connectivity index (χ1n) is 5.20. The third-order valence-electron chi connectivity index (χ3n) is 2.40. The Morgan fingerprint density at radius 3 is 2.35 bits per heavy atom. The summed E-state index contributed by atoms with van der Waals surface area (Å²) in [5.41, 5.74) is 8.15. The van der Waals surface area contributed by atoms with Crippen molar-refractivity contribution in [2.45, 2.75) is 19.4 Å². The number of hydrogen-bond donors (Lipinski definition) is 1. The summed E-state index contributed by atoms with van der Waals surface area (Å²) >= 11 is 0. The summed E-state index contributed by atoms with van der Waals surface area (Å²) in [4.78, 5) is 0. The van der Waals surface area contributed by atoms with Crippen molar-refractivity contribution >= 4 is 12.4 Å². The fourth-order valence-electron chi connectivity index (χ4n) is 1.58. The van der Waals surface area contributed by atoms with Gasteiger partial charge in [-0.15, -0.1) is 19.0 Å². The van der Waals surface area contributed by atoms with E-state index in [9.17, 15) is 0 Å². The van der Waals surface area contributed by atoms with Crippen molar-refractivity contribution in [1.82, 2.24) is 0 Å². The minimum Gasteiger partial charge on any atom is -0.493 e. The molecular formula is C13H20ClNO2. The van der Waals surface area contributed by atoms with Gasteiger partial charge in [-0.1, -0.05) is 11.6 Å². The third-order valence-corrected chi connectivity index (χ3v) is 2.40. The van der Waals surface area contributed by atoms with Crippen molar-refractivity contribution in [2.24, 2.45) is 5.73 Å². The first-order chi connectivity index (χ1) is 7.58. The van der Waals surface area contributed by atoms with Crippen molar-refractivity contribution in [3.63, 3.8) is 0 Å². The van der Waals surface area contributed by atoms with Crippen LogP contribution in [0.5, 0.6) is 11.5 Å². The van der Waals surface area contributed by atoms with E-state index in [1.54, 1.807) is 14.2 Å². The van der Waals surface area contributed by atoms with Gasteiger partial charge in [0.2, 0.25) is 0 Å². The second-order valence-electron chi connectivity index (χ2n) is 3.88. The van der Waals surface area contributed by atoms with Crippen molar-refractivity contribution in [1.29, 1.82) is 0 Å². The Bertz CT molecular complexity index is 380. The van der Waals surface area contributed by atoms with E-state index in [0.29, 0.717) is 11.5 Å². The molecule has 1 rings (SSSR count). The van der Waals surface area contributed by atoms with Crippen LogP contribution >= 0.6 is 12.4 Å². The molecule has 1 atom stereocenters. The Morgan fingerprint density at radius 2 is 1.88 bits per heavy atom. The van der Waals surface area contributed by atoms with E-state index < -0.39 is 0 Å². The standard InChI is InChI=1S/C13H19NO2.ClH/c1-9(2)7-11(14)10-5-6-12(15-3)13(8-10)16-4;/h5-6,8,11H,1,7,14H2,2-4H3;1H/t11-;/m1./s1. The highest BCUT2D eigenvalue weighted by atomic mass is 35.5. The number of ether oxygens (including phenoxy) is 2. The van der Waals surface area contributed by atoms with Crippen LogP contribution < -0.4 is 15.2 Å². The smallest absolute Gasteiger partial charge is 0.161 e. The second-order valence-corrected chi connectivity index (χ2v) is 3.88. The quantitative estimate of drug-likeness (QED) is 0.825. The summed E-state index contributed by atoms with van der Waals surface area (Å²) in [5, 5.41) is 0. The minimum absolute atomic E-state index is 0. The molecular weight excluding hydrogens is 238 g/mol. The van der Waals surface area contributed by atoms with Crippen LogP contribution in [0.15, 0.2) is 30.4 Å². The number of hydrogen-bond acceptors (Lipinski definition) is 3. The molecule has 0 aliphatic carbocycles. The van der Waals surface area contributed by atoms with Gasteiger partial charge in [-0.25, -0.2) is 0 Å². The molecule has 0 heterocycles. The Kier molecular flexibility index (Phi) is 6.69. The number of nitrogens with two attached hydrogens (primary N) is 1. The van der Waals surface area contributed by atoms with Crippen LogP contribution in [-0.4, -0.2) is 14.2 Å². The van der Waals surface area contributed by atoms with E-state index in [1.165, 1.54) is 0 Å². The first kappa shape index (κ1) is 15.8. The lowest BCUT2D eigenvalue weighted by atomic mass is 10.0. The van der Waals surface area contributed by atoms with E-state index in [-0.39, 0.29) is 18.4 Å². The Morgan fingerprint density at radius 1 is 1.29 bits per heavy atom. The van der Waals surface area contributed by atoms with Gasteiger partial charge in [-0.3, -0.25) is 0 Å². The third kappa shape index (κ3) is 4.29. The maximum Gasteiger partial charge on any atom is 0.161 e. The van der Waals surface area contributed by atoms with Gasteiger partial charge in [0.25, 0.3) is 0 Å². The van der Waals surface area contributed by atoms with E-state index in [0.717, 1.165) is 17.6 Å². The summed E-state index contributed by atoms with van der Waals surface area (Å²) in [6.07, 6.45) is 0.773. The zero-order valence-electron chi connectivity index (χ0n) is 10.5. The Balaban J connectivity index is 0.00000256. The molecule has 0 unspecified atom stereocenters. The van der Waals surface area contributed by atoms with Crippen LogP contribution in [0.2, 0.25) is 0 Å². The molecule has 2 N–H and O–H groups in total. The van der Waals surface area contributed by atoms with Gasteiger partial charge in [-0.05, 0) is 31.0 Å². The second kappa shape index (κ2) is 7.20. The van der Waals surface area contributed by atoms with Crippen LogP contribution in [0, 0.1) is 0 Å². The van der Waals surface area contributed by atoms with Gasteiger partial charge >= 0.3 is 0 Å². The molecule has 1 aromatic rings. The maximum atomic E-state index is 6.05. The molecule has 0 radical (unpaired) electrons. The molecule has 0 aliphatic rings. The Labute approximate surface area is 109 Å². The molecule has 3 nitrogen and oxygen atoms in total. The van der Waals surface area contributed by atoms with Crippen molar-refractivity contribution < 1.29 is 9.47 Å². The highest BCUT2D eigenvalue weighted by Gasteiger charge is 2.10. The lowest BCUT2D eigenvalue weighted by Gasteiger charge is -2.14. The van der Waals surface area contributed by atoms with Crippen LogP contribution in [0.3, 0.4) is 0 Å². The lowest BCUT2D eigenvalue weighted by Crippen LogP contribution is -2.10. The zero-order valence-corrected chi connectivity index (χ0v) is 11.3. The van der Waals surface area contributed by atoms with Gasteiger partial charge in [0.1, 0.15) is 0 Å². The van der Waals surface area contributed by atoms with Gasteiger partial charge in [-0.2, -0.15) is 0 Å². The van der Waals surface area contributed by atoms with Gasteiger partial charge in [0.05, 0.1) is 14.2 Å². The van der Waals surface area contributed by atoms with Gasteiger partial charge in [0, 0.05) is 6.04 Å². The van der Waals surface area contributed by atoms with Crippen LogP contribution in [0.25, 0.3) is 0 Å². The summed E-state index contributed by atoms with van der Waals surface area (Å²) in [5.74, 6) is 1.42. The molecule has 0 amide bonds. The number of benzene rings is 1. The molecule has 1 aromatic carbocycles. The van der Waals surface area contributed by atoms with Gasteiger partial charge in [0.15, 0.2) is 11.5 Å². The molecule has 0 aliphatic heterocycles. The summed E-state index contributed by atoms with van der Waals surface area (Å²) in [7, 11) is 3.23. The average Bonchev–Trinajstić information content (AvgIpc) is 2.27. The van der Waals surface area contributed by atoms with Crippen molar-refractivity contribution in [3.05, 3.63) is 35.9 Å². The van der Waals surface area contributed by atoms with E-state index in [1.807, 2.05) is 25.1 Å². The molecule has 96 valence electrons. The summed E-state index contributed by atoms with van der Waals surface area (Å²) < 4.78 is 10.4. The fourth-order valence-corrected chi connectivity index (χ4v) is 1.58. The van der Waals surface area contributed by atoms with Crippen LogP contribution in [-0.2, 0) is 0 Å². The number of halogens is 1. The average molecular weight is 258 g/mol. The van der Waals surface area contributed by atoms with E-state index in [4.69, 9.17) is 15.2 Å². The Hall–Kier alpha value is -1.19. The van der Waals surface area contributed by atoms with E-state index in [2.05, 4.69) is 6.58 Å². The van der Waals surface area contributed by atoms with Crippen molar-refractivity contribution in [3.8, 4) is 11.5 Å². The summed E-state index contributed by atoms with van der Waals surface area (Å²) in [6.45, 7) is 5.83. The first-order valence-corrected chi connectivity index (χ1v) is 5.20. The zero-order chi connectivity index (χ0) is 12.1. The maximum absolute atomic E-state index is 6.05. The number of rotatable bonds is 5. The number of methoxy groups -OCH3 is 2. The fraction of sp³-hybridized carbons (Fsp3) is 0.385. The summed E-state index contributed by atoms with van der Waals surface area (Å²) in [6, 6.07) is 5.69. The minimum atomic E-state index is -0.0442. The molecule has 0 saturated heterocycles. The van der Waals surface area contributed by atoms with Crippen LogP contribution in [0.1, 0.15) is 24.9 Å². The molecule has 0 fully saturated rings. The molecule has 0 aromatic heterocycles. The highest BCUT2D eigenvalue weighted by Crippen LogP contribution is 2.30.